The van der Waals surface area contributed by atoms with Gasteiger partial charge < -0.3 is 5.32 Å². The Labute approximate surface area is 115 Å². The fraction of sp³-hybridized carbons (Fsp3) is 0.800. The van der Waals surface area contributed by atoms with Crippen molar-refractivity contribution in [1.29, 1.82) is 0 Å². The fourth-order valence-electron chi connectivity index (χ4n) is 2.96. The molecule has 0 radical (unpaired) electrons. The van der Waals surface area contributed by atoms with Crippen LogP contribution in [0.3, 0.4) is 0 Å². The molecule has 2 saturated heterocycles. The zero-order valence-electron chi connectivity index (χ0n) is 11.6. The van der Waals surface area contributed by atoms with Crippen molar-refractivity contribution in [2.75, 3.05) is 5.75 Å². The highest BCUT2D eigenvalue weighted by atomic mass is 32.2. The lowest BCUT2D eigenvalue weighted by molar-refractivity contribution is -0.122. The molecule has 0 saturated carbocycles. The van der Waals surface area contributed by atoms with Crippen molar-refractivity contribution in [3.05, 3.63) is 12.3 Å². The van der Waals surface area contributed by atoms with E-state index in [-0.39, 0.29) is 5.92 Å². The summed E-state index contributed by atoms with van der Waals surface area (Å²) in [5, 5.41) is 4.29. The molecule has 1 N–H and O–H groups in total. The normalized spacial score (nSPS) is 30.6. The SMILES string of the molecule is C=C1C[C@@H]2CSC(CCCCC(=O)C(C)C)[C@@H]2N1. The second-order valence-corrected chi connectivity index (χ2v) is 7.25. The van der Waals surface area contributed by atoms with Gasteiger partial charge in [-0.25, -0.2) is 0 Å². The second kappa shape index (κ2) is 6.14. The van der Waals surface area contributed by atoms with Crippen LogP contribution in [-0.2, 0) is 4.79 Å². The number of fused-ring (bicyclic) bond motifs is 1. The average molecular weight is 267 g/mol. The van der Waals surface area contributed by atoms with Crippen molar-refractivity contribution in [1.82, 2.24) is 5.32 Å². The Kier molecular flexibility index (Phi) is 4.77. The molecule has 2 aliphatic heterocycles. The van der Waals surface area contributed by atoms with E-state index in [9.17, 15) is 4.79 Å². The van der Waals surface area contributed by atoms with Gasteiger partial charge in [-0.3, -0.25) is 4.79 Å². The minimum absolute atomic E-state index is 0.204. The molecule has 2 rings (SSSR count). The molecule has 0 aromatic rings. The number of unbranched alkanes of at least 4 members (excludes halogenated alkanes) is 1. The predicted octanol–water partition coefficient (Wildman–Crippen LogP) is 3.38. The van der Waals surface area contributed by atoms with Gasteiger partial charge >= 0.3 is 0 Å². The van der Waals surface area contributed by atoms with Gasteiger partial charge in [0.2, 0.25) is 0 Å². The number of thioether (sulfide) groups is 1. The van der Waals surface area contributed by atoms with Crippen molar-refractivity contribution in [3.8, 4) is 0 Å². The molecule has 2 aliphatic rings. The van der Waals surface area contributed by atoms with Gasteiger partial charge in [0.15, 0.2) is 0 Å². The van der Waals surface area contributed by atoms with Gasteiger partial charge in [0.05, 0.1) is 0 Å². The van der Waals surface area contributed by atoms with Gasteiger partial charge in [-0.05, 0) is 30.9 Å². The molecule has 3 atom stereocenters. The zero-order chi connectivity index (χ0) is 13.1. The minimum Gasteiger partial charge on any atom is -0.385 e. The maximum atomic E-state index is 11.5. The number of carbonyl (C=O) groups excluding carboxylic acids is 1. The molecule has 0 spiro atoms. The number of rotatable bonds is 6. The first kappa shape index (κ1) is 14.0. The lowest BCUT2D eigenvalue weighted by atomic mass is 9.96. The Morgan fingerprint density at radius 1 is 1.50 bits per heavy atom. The van der Waals surface area contributed by atoms with Crippen molar-refractivity contribution < 1.29 is 4.79 Å². The maximum Gasteiger partial charge on any atom is 0.135 e. The van der Waals surface area contributed by atoms with Crippen molar-refractivity contribution in [2.45, 2.75) is 57.2 Å². The second-order valence-electron chi connectivity index (χ2n) is 5.98. The molecule has 0 amide bonds. The van der Waals surface area contributed by atoms with Gasteiger partial charge in [0, 0.05) is 29.3 Å². The highest BCUT2D eigenvalue weighted by molar-refractivity contribution is 8.00. The van der Waals surface area contributed by atoms with Crippen molar-refractivity contribution in [3.63, 3.8) is 0 Å². The standard InChI is InChI=1S/C15H25NOS/c1-10(2)13(17)6-4-5-7-14-15-12(9-18-14)8-11(3)16-15/h10,12,14-16H,3-9H2,1-2H3/t12-,14?,15-/m1/s1. The van der Waals surface area contributed by atoms with Gasteiger partial charge in [-0.15, -0.1) is 0 Å². The molecule has 0 aromatic carbocycles. The number of hydrogen-bond donors (Lipinski definition) is 1. The summed E-state index contributed by atoms with van der Waals surface area (Å²) in [5.74, 6) is 2.71. The molecule has 18 heavy (non-hydrogen) atoms. The van der Waals surface area contributed by atoms with Crippen LogP contribution in [0.5, 0.6) is 0 Å². The van der Waals surface area contributed by atoms with Crippen LogP contribution < -0.4 is 5.32 Å². The highest BCUT2D eigenvalue weighted by Crippen LogP contribution is 2.41. The highest BCUT2D eigenvalue weighted by Gasteiger charge is 2.40. The Morgan fingerprint density at radius 2 is 2.28 bits per heavy atom. The molecule has 102 valence electrons. The first-order valence-corrected chi connectivity index (χ1v) is 8.21. The third-order valence-corrected chi connectivity index (χ3v) is 5.70. The van der Waals surface area contributed by atoms with E-state index in [0.717, 1.165) is 24.0 Å². The quantitative estimate of drug-likeness (QED) is 0.748. The average Bonchev–Trinajstić information content (AvgIpc) is 2.84. The lowest BCUT2D eigenvalue weighted by Crippen LogP contribution is -2.32. The van der Waals surface area contributed by atoms with E-state index in [4.69, 9.17) is 0 Å². The van der Waals surface area contributed by atoms with Crippen LogP contribution in [0.25, 0.3) is 0 Å². The molecular formula is C15H25NOS. The molecule has 2 nitrogen and oxygen atoms in total. The molecule has 2 heterocycles. The van der Waals surface area contributed by atoms with E-state index in [1.54, 1.807) is 0 Å². The van der Waals surface area contributed by atoms with Crippen LogP contribution in [0.15, 0.2) is 12.3 Å². The fourth-order valence-corrected chi connectivity index (χ4v) is 4.61. The summed E-state index contributed by atoms with van der Waals surface area (Å²) in [4.78, 5) is 11.5. The smallest absolute Gasteiger partial charge is 0.135 e. The molecule has 2 fully saturated rings. The summed E-state index contributed by atoms with van der Waals surface area (Å²) >= 11 is 2.11. The Morgan fingerprint density at radius 3 is 3.00 bits per heavy atom. The van der Waals surface area contributed by atoms with Crippen LogP contribution in [0.1, 0.15) is 46.0 Å². The zero-order valence-corrected chi connectivity index (χ0v) is 12.4. The number of allylic oxidation sites excluding steroid dienone is 1. The molecule has 3 heteroatoms. The number of carbonyl (C=O) groups is 1. The summed E-state index contributed by atoms with van der Waals surface area (Å²) in [5.41, 5.74) is 1.23. The van der Waals surface area contributed by atoms with E-state index in [1.807, 2.05) is 13.8 Å². The molecule has 0 aliphatic carbocycles. The summed E-state index contributed by atoms with van der Waals surface area (Å²) in [7, 11) is 0. The summed E-state index contributed by atoms with van der Waals surface area (Å²) in [6, 6.07) is 0.656. The molecule has 0 aromatic heterocycles. The number of hydrogen-bond acceptors (Lipinski definition) is 3. The minimum atomic E-state index is 0.204. The summed E-state index contributed by atoms with van der Waals surface area (Å²) in [6.45, 7) is 8.03. The number of Topliss-reactive ketones (excluding diaryl/α,β-unsaturated/α-hetero) is 1. The van der Waals surface area contributed by atoms with E-state index in [2.05, 4.69) is 23.7 Å². The monoisotopic (exact) mass is 267 g/mol. The van der Waals surface area contributed by atoms with E-state index in [0.29, 0.717) is 11.8 Å². The van der Waals surface area contributed by atoms with Crippen LogP contribution in [0.2, 0.25) is 0 Å². The third kappa shape index (κ3) is 3.31. The van der Waals surface area contributed by atoms with Crippen molar-refractivity contribution in [2.24, 2.45) is 11.8 Å². The van der Waals surface area contributed by atoms with Crippen LogP contribution in [-0.4, -0.2) is 22.8 Å². The van der Waals surface area contributed by atoms with Gasteiger partial charge in [-0.2, -0.15) is 11.8 Å². The Bertz CT molecular complexity index is 326. The predicted molar refractivity (Wildman–Crippen MR) is 78.7 cm³/mol. The van der Waals surface area contributed by atoms with E-state index in [1.165, 1.54) is 30.7 Å². The number of ketones is 1. The van der Waals surface area contributed by atoms with Crippen molar-refractivity contribution >= 4 is 17.5 Å². The van der Waals surface area contributed by atoms with E-state index >= 15 is 0 Å². The number of nitrogens with one attached hydrogen (secondary N) is 1. The van der Waals surface area contributed by atoms with Gasteiger partial charge in [-0.1, -0.05) is 26.8 Å². The molecular weight excluding hydrogens is 242 g/mol. The summed E-state index contributed by atoms with van der Waals surface area (Å²) in [6.07, 6.45) is 5.43. The van der Waals surface area contributed by atoms with Crippen LogP contribution in [0.4, 0.5) is 0 Å². The maximum absolute atomic E-state index is 11.5. The third-order valence-electron chi connectivity index (χ3n) is 4.12. The molecule has 1 unspecified atom stereocenters. The Hall–Kier alpha value is -0.440. The van der Waals surface area contributed by atoms with E-state index < -0.39 is 0 Å². The molecule has 0 bridgehead atoms. The topological polar surface area (TPSA) is 29.1 Å². The van der Waals surface area contributed by atoms with Gasteiger partial charge in [0.25, 0.3) is 0 Å². The van der Waals surface area contributed by atoms with Crippen LogP contribution >= 0.6 is 11.8 Å². The summed E-state index contributed by atoms with van der Waals surface area (Å²) < 4.78 is 0. The lowest BCUT2D eigenvalue weighted by Gasteiger charge is -2.18. The first-order valence-electron chi connectivity index (χ1n) is 7.16. The largest absolute Gasteiger partial charge is 0.385 e. The van der Waals surface area contributed by atoms with Gasteiger partial charge in [0.1, 0.15) is 5.78 Å². The van der Waals surface area contributed by atoms with Crippen LogP contribution in [0, 0.1) is 11.8 Å². The first-order chi connectivity index (χ1) is 8.58. The Balaban J connectivity index is 1.66.